The molecule has 1 aliphatic rings. The minimum absolute atomic E-state index is 0.0186. The van der Waals surface area contributed by atoms with Crippen LogP contribution in [-0.2, 0) is 20.8 Å². The Morgan fingerprint density at radius 2 is 1.76 bits per heavy atom. The van der Waals surface area contributed by atoms with Crippen molar-refractivity contribution in [3.63, 3.8) is 0 Å². The number of ether oxygens (including phenoxy) is 2. The first-order valence-electron chi connectivity index (χ1n) is 15.7. The normalized spacial score (nSPS) is 17.9. The molecule has 0 bridgehead atoms. The summed E-state index contributed by atoms with van der Waals surface area (Å²) in [6.07, 6.45) is 0.237. The number of amides is 4. The zero-order valence-corrected chi connectivity index (χ0v) is 27.0. The van der Waals surface area contributed by atoms with Gasteiger partial charge in [-0.3, -0.25) is 19.2 Å². The van der Waals surface area contributed by atoms with Crippen molar-refractivity contribution in [2.24, 2.45) is 0 Å². The Bertz CT molecular complexity index is 1510. The third-order valence-electron chi connectivity index (χ3n) is 7.84. The van der Waals surface area contributed by atoms with E-state index in [9.17, 15) is 19.2 Å². The minimum atomic E-state index is -1.02. The number of aryl methyl sites for hydroxylation is 1. The van der Waals surface area contributed by atoms with Crippen LogP contribution < -0.4 is 25.4 Å². The molecule has 0 unspecified atom stereocenters. The van der Waals surface area contributed by atoms with E-state index in [2.05, 4.69) is 29.8 Å². The monoisotopic (exact) mass is 628 g/mol. The molecule has 46 heavy (non-hydrogen) atoms. The summed E-state index contributed by atoms with van der Waals surface area (Å²) in [5, 5.41) is 8.49. The molecule has 0 aromatic heterocycles. The van der Waals surface area contributed by atoms with E-state index in [-0.39, 0.29) is 56.5 Å². The summed E-state index contributed by atoms with van der Waals surface area (Å²) in [6.45, 7) is 6.97. The van der Waals surface area contributed by atoms with E-state index >= 15 is 0 Å². The van der Waals surface area contributed by atoms with Crippen LogP contribution in [0.2, 0.25) is 0 Å². The van der Waals surface area contributed by atoms with Crippen molar-refractivity contribution in [1.82, 2.24) is 20.9 Å². The van der Waals surface area contributed by atoms with Crippen molar-refractivity contribution in [1.29, 1.82) is 0 Å². The average Bonchev–Trinajstić information content (AvgIpc) is 3.04. The van der Waals surface area contributed by atoms with Crippen LogP contribution in [0.4, 0.5) is 0 Å². The molecular formula is C36H44N4O6. The number of carbonyl (C=O) groups excluding carboxylic acids is 4. The molecule has 0 saturated heterocycles. The standard InChI is InChI=1S/C36H44N4O6/c1-24(2)27-15-14-25(3)22-32(27)45-20-18-37-35(43)29-16-17-33(41)38-30(23-26-10-6-5-7-11-26)36(44)40(4)19-21-46-31-13-9-8-12-28(31)34(42)39-29/h5-15,22,24,29-30H,16-21,23H2,1-4H3,(H,37,43)(H,38,41)(H,39,42)/t29-,30+/m0/s1. The first kappa shape index (κ1) is 34.0. The van der Waals surface area contributed by atoms with Gasteiger partial charge in [0.2, 0.25) is 17.7 Å². The third kappa shape index (κ3) is 9.57. The highest BCUT2D eigenvalue weighted by Gasteiger charge is 2.28. The van der Waals surface area contributed by atoms with Crippen molar-refractivity contribution >= 4 is 23.6 Å². The van der Waals surface area contributed by atoms with Crippen LogP contribution in [-0.4, -0.2) is 74.0 Å². The maximum atomic E-state index is 13.4. The van der Waals surface area contributed by atoms with Crippen molar-refractivity contribution < 1.29 is 28.7 Å². The van der Waals surface area contributed by atoms with Gasteiger partial charge in [0, 0.05) is 19.9 Å². The number of para-hydroxylation sites is 1. The predicted molar refractivity (Wildman–Crippen MR) is 176 cm³/mol. The van der Waals surface area contributed by atoms with Gasteiger partial charge in [0.05, 0.1) is 18.7 Å². The second-order valence-corrected chi connectivity index (χ2v) is 11.8. The number of fused-ring (bicyclic) bond motifs is 1. The first-order chi connectivity index (χ1) is 22.1. The molecular weight excluding hydrogens is 584 g/mol. The molecule has 2 atom stereocenters. The molecule has 0 aliphatic carbocycles. The highest BCUT2D eigenvalue weighted by molar-refractivity contribution is 5.99. The van der Waals surface area contributed by atoms with Gasteiger partial charge in [-0.1, -0.05) is 68.4 Å². The van der Waals surface area contributed by atoms with E-state index in [1.54, 1.807) is 31.3 Å². The fraction of sp³-hybridized carbons (Fsp3) is 0.389. The number of rotatable bonds is 8. The highest BCUT2D eigenvalue weighted by Crippen LogP contribution is 2.27. The van der Waals surface area contributed by atoms with Gasteiger partial charge in [-0.05, 0) is 54.2 Å². The van der Waals surface area contributed by atoms with E-state index in [1.165, 1.54) is 4.90 Å². The van der Waals surface area contributed by atoms with Crippen LogP contribution in [0, 0.1) is 6.92 Å². The van der Waals surface area contributed by atoms with Gasteiger partial charge in [-0.25, -0.2) is 0 Å². The van der Waals surface area contributed by atoms with Gasteiger partial charge in [0.25, 0.3) is 5.91 Å². The van der Waals surface area contributed by atoms with Crippen molar-refractivity contribution in [3.8, 4) is 11.5 Å². The summed E-state index contributed by atoms with van der Waals surface area (Å²) >= 11 is 0. The molecule has 0 fully saturated rings. The Morgan fingerprint density at radius 3 is 2.52 bits per heavy atom. The molecule has 3 aromatic carbocycles. The molecule has 10 heteroatoms. The predicted octanol–water partition coefficient (Wildman–Crippen LogP) is 3.77. The first-order valence-corrected chi connectivity index (χ1v) is 15.7. The van der Waals surface area contributed by atoms with Crippen molar-refractivity contribution in [2.75, 3.05) is 33.4 Å². The zero-order chi connectivity index (χ0) is 33.1. The summed E-state index contributed by atoms with van der Waals surface area (Å²) in [4.78, 5) is 54.9. The topological polar surface area (TPSA) is 126 Å². The third-order valence-corrected chi connectivity index (χ3v) is 7.84. The Kier molecular flexibility index (Phi) is 12.2. The molecule has 1 aliphatic heterocycles. The SMILES string of the molecule is Cc1ccc(C(C)C)c(OCCNC(=O)[C@@H]2CCC(=O)N[C@H](Cc3ccccc3)C(=O)N(C)CCOc3ccccc3C(=O)N2)c1. The Morgan fingerprint density at radius 1 is 1.02 bits per heavy atom. The Balaban J connectivity index is 1.49. The van der Waals surface area contributed by atoms with Crippen LogP contribution in [0.25, 0.3) is 0 Å². The number of nitrogens with one attached hydrogen (secondary N) is 3. The number of benzene rings is 3. The lowest BCUT2D eigenvalue weighted by Crippen LogP contribution is -2.50. The van der Waals surface area contributed by atoms with Gasteiger partial charge in [0.1, 0.15) is 36.8 Å². The summed E-state index contributed by atoms with van der Waals surface area (Å²) < 4.78 is 11.9. The van der Waals surface area contributed by atoms with Crippen LogP contribution in [0.15, 0.2) is 72.8 Å². The smallest absolute Gasteiger partial charge is 0.255 e. The molecule has 0 radical (unpaired) electrons. The number of likely N-dealkylation sites (N-methyl/N-ethyl adjacent to an activating group) is 1. The summed E-state index contributed by atoms with van der Waals surface area (Å²) in [5.41, 5.74) is 3.30. The number of nitrogens with zero attached hydrogens (tertiary/aromatic N) is 1. The zero-order valence-electron chi connectivity index (χ0n) is 27.0. The lowest BCUT2D eigenvalue weighted by molar-refractivity contribution is -0.135. The van der Waals surface area contributed by atoms with Crippen LogP contribution in [0.3, 0.4) is 0 Å². The van der Waals surface area contributed by atoms with Crippen molar-refractivity contribution in [3.05, 3.63) is 95.1 Å². The summed E-state index contributed by atoms with van der Waals surface area (Å²) in [5.74, 6) is -0.239. The van der Waals surface area contributed by atoms with E-state index in [0.29, 0.717) is 12.2 Å². The Labute approximate surface area is 270 Å². The van der Waals surface area contributed by atoms with Crippen LogP contribution >= 0.6 is 0 Å². The number of carbonyl (C=O) groups is 4. The lowest BCUT2D eigenvalue weighted by Gasteiger charge is -2.25. The highest BCUT2D eigenvalue weighted by atomic mass is 16.5. The molecule has 0 spiro atoms. The van der Waals surface area contributed by atoms with Gasteiger partial charge in [-0.2, -0.15) is 0 Å². The van der Waals surface area contributed by atoms with Gasteiger partial charge in [0.15, 0.2) is 0 Å². The van der Waals surface area contributed by atoms with Crippen LogP contribution in [0.1, 0.15) is 59.7 Å². The quantitative estimate of drug-likeness (QED) is 0.326. The molecule has 1 heterocycles. The molecule has 10 nitrogen and oxygen atoms in total. The molecule has 244 valence electrons. The largest absolute Gasteiger partial charge is 0.491 e. The molecule has 4 amide bonds. The Hall–Kier alpha value is -4.86. The van der Waals surface area contributed by atoms with Gasteiger partial charge >= 0.3 is 0 Å². The fourth-order valence-corrected chi connectivity index (χ4v) is 5.25. The van der Waals surface area contributed by atoms with E-state index in [0.717, 1.165) is 22.4 Å². The second kappa shape index (κ2) is 16.5. The van der Waals surface area contributed by atoms with Gasteiger partial charge in [-0.15, -0.1) is 0 Å². The average molecular weight is 629 g/mol. The van der Waals surface area contributed by atoms with E-state index in [1.807, 2.05) is 55.5 Å². The maximum absolute atomic E-state index is 13.4. The molecule has 0 saturated carbocycles. The van der Waals surface area contributed by atoms with E-state index in [4.69, 9.17) is 9.47 Å². The molecule has 4 rings (SSSR count). The van der Waals surface area contributed by atoms with Crippen molar-refractivity contribution in [2.45, 2.75) is 58.0 Å². The molecule has 3 aromatic rings. The second-order valence-electron chi connectivity index (χ2n) is 11.8. The lowest BCUT2D eigenvalue weighted by atomic mass is 10.0. The fourth-order valence-electron chi connectivity index (χ4n) is 5.25. The van der Waals surface area contributed by atoms with E-state index < -0.39 is 29.8 Å². The summed E-state index contributed by atoms with van der Waals surface area (Å²) in [6, 6.07) is 20.4. The van der Waals surface area contributed by atoms with Gasteiger partial charge < -0.3 is 30.3 Å². The molecule has 3 N–H and O–H groups in total. The summed E-state index contributed by atoms with van der Waals surface area (Å²) in [7, 11) is 1.65. The minimum Gasteiger partial charge on any atom is -0.491 e. The number of hydrogen-bond acceptors (Lipinski definition) is 6. The number of hydrogen-bond donors (Lipinski definition) is 3. The maximum Gasteiger partial charge on any atom is 0.255 e. The van der Waals surface area contributed by atoms with Crippen LogP contribution in [0.5, 0.6) is 11.5 Å².